The van der Waals surface area contributed by atoms with E-state index in [1.807, 2.05) is 0 Å². The molecule has 2 nitrogen and oxygen atoms in total. The van der Waals surface area contributed by atoms with Gasteiger partial charge in [0.1, 0.15) is 0 Å². The van der Waals surface area contributed by atoms with E-state index in [-0.39, 0.29) is 20.9 Å². The summed E-state index contributed by atoms with van der Waals surface area (Å²) in [6.45, 7) is 0. The predicted octanol–water partition coefficient (Wildman–Crippen LogP) is 6.17. The summed E-state index contributed by atoms with van der Waals surface area (Å²) in [4.78, 5) is -0.330. The highest BCUT2D eigenvalue weighted by atomic mass is 35.6. The van der Waals surface area contributed by atoms with E-state index < -0.39 is 17.4 Å². The smallest absolute Gasteiger partial charge is 0.217 e. The first-order chi connectivity index (χ1) is 10.5. The van der Waals surface area contributed by atoms with Crippen molar-refractivity contribution in [2.45, 2.75) is 17.4 Å². The average molecular weight is 453 g/mol. The van der Waals surface area contributed by atoms with E-state index in [0.29, 0.717) is 0 Å². The second kappa shape index (κ2) is 6.80. The predicted molar refractivity (Wildman–Crippen MR) is 96.8 cm³/mol. The minimum atomic E-state index is -4.07. The lowest BCUT2D eigenvalue weighted by atomic mass is 10.2. The van der Waals surface area contributed by atoms with Crippen molar-refractivity contribution in [2.75, 3.05) is 0 Å². The maximum absolute atomic E-state index is 13.0. The molecule has 23 heavy (non-hydrogen) atoms. The Morgan fingerprint density at radius 1 is 0.609 bits per heavy atom. The number of rotatable bonds is 2. The van der Waals surface area contributed by atoms with Crippen LogP contribution in [0.3, 0.4) is 0 Å². The van der Waals surface area contributed by atoms with Gasteiger partial charge in [0.2, 0.25) is 17.4 Å². The maximum Gasteiger partial charge on any atom is 0.217 e. The van der Waals surface area contributed by atoms with Gasteiger partial charge in [0.05, 0.1) is 9.79 Å². The van der Waals surface area contributed by atoms with Crippen LogP contribution in [-0.2, 0) is 17.4 Å². The van der Waals surface area contributed by atoms with E-state index in [2.05, 4.69) is 0 Å². The molecule has 0 aliphatic carbocycles. The molecule has 0 spiro atoms. The Morgan fingerprint density at radius 2 is 0.913 bits per heavy atom. The molecule has 0 saturated carbocycles. The summed E-state index contributed by atoms with van der Waals surface area (Å²) < 4.78 is 22.2. The van der Waals surface area contributed by atoms with Gasteiger partial charge in [-0.15, -0.1) is 0 Å². The first-order valence-electron chi connectivity index (χ1n) is 6.03. The number of halogens is 6. The van der Waals surface area contributed by atoms with E-state index in [4.69, 9.17) is 69.6 Å². The summed E-state index contributed by atoms with van der Waals surface area (Å²) in [6.07, 6.45) is 0. The van der Waals surface area contributed by atoms with Crippen LogP contribution in [0.25, 0.3) is 0 Å². The molecule has 2 aromatic carbocycles. The second-order valence-corrected chi connectivity index (χ2v) is 10.9. The number of hydrogen-bond donors (Lipinski definition) is 0. The van der Waals surface area contributed by atoms with Gasteiger partial charge in [0, 0.05) is 11.1 Å². The highest BCUT2D eigenvalue weighted by Gasteiger charge is 2.36. The molecule has 0 atom stereocenters. The van der Waals surface area contributed by atoms with E-state index >= 15 is 0 Å². The normalized spacial score (nSPS) is 13.1. The van der Waals surface area contributed by atoms with Gasteiger partial charge >= 0.3 is 0 Å². The van der Waals surface area contributed by atoms with Crippen LogP contribution >= 0.6 is 69.6 Å². The first-order valence-corrected chi connectivity index (χ1v) is 9.78. The summed E-state index contributed by atoms with van der Waals surface area (Å²) >= 11 is 35.3. The standard InChI is InChI=1S/C14H8Cl6O2S/c15-13(16,17)9-5-1-3-7-11(9)23(21,22)12-8-4-2-6-10(12)14(18,19)20/h1-8H. The zero-order chi connectivity index (χ0) is 17.5. The van der Waals surface area contributed by atoms with Gasteiger partial charge in [-0.05, 0) is 12.1 Å². The zero-order valence-electron chi connectivity index (χ0n) is 11.1. The Hall–Kier alpha value is 0.130. The van der Waals surface area contributed by atoms with Crippen LogP contribution in [0.2, 0.25) is 0 Å². The molecule has 0 aromatic heterocycles. The summed E-state index contributed by atoms with van der Waals surface area (Å²) in [7, 11) is -4.07. The highest BCUT2D eigenvalue weighted by Crippen LogP contribution is 2.45. The van der Waals surface area contributed by atoms with E-state index in [9.17, 15) is 8.42 Å². The van der Waals surface area contributed by atoms with Gasteiger partial charge in [-0.25, -0.2) is 8.42 Å². The van der Waals surface area contributed by atoms with Crippen molar-refractivity contribution in [3.05, 3.63) is 59.7 Å². The van der Waals surface area contributed by atoms with E-state index in [0.717, 1.165) is 0 Å². The molecule has 2 aromatic rings. The highest BCUT2D eigenvalue weighted by molar-refractivity contribution is 7.91. The van der Waals surface area contributed by atoms with Gasteiger partial charge < -0.3 is 0 Å². The molecule has 0 amide bonds. The van der Waals surface area contributed by atoms with Crippen molar-refractivity contribution in [1.82, 2.24) is 0 Å². The Morgan fingerprint density at radius 3 is 1.22 bits per heavy atom. The van der Waals surface area contributed by atoms with Crippen LogP contribution < -0.4 is 0 Å². The monoisotopic (exact) mass is 450 g/mol. The van der Waals surface area contributed by atoms with Crippen LogP contribution in [-0.4, -0.2) is 8.42 Å². The van der Waals surface area contributed by atoms with Crippen molar-refractivity contribution in [3.8, 4) is 0 Å². The molecule has 0 heterocycles. The quantitative estimate of drug-likeness (QED) is 0.510. The fourth-order valence-electron chi connectivity index (χ4n) is 1.99. The Balaban J connectivity index is 2.77. The van der Waals surface area contributed by atoms with Crippen LogP contribution in [0.5, 0.6) is 0 Å². The van der Waals surface area contributed by atoms with Crippen molar-refractivity contribution in [3.63, 3.8) is 0 Å². The van der Waals surface area contributed by atoms with Crippen LogP contribution in [0, 0.1) is 0 Å². The van der Waals surface area contributed by atoms with Crippen molar-refractivity contribution in [1.29, 1.82) is 0 Å². The number of alkyl halides is 6. The third-order valence-corrected chi connectivity index (χ3v) is 6.06. The molecule has 0 aliphatic rings. The molecule has 0 fully saturated rings. The molecular weight excluding hydrogens is 445 g/mol. The minimum Gasteiger partial charge on any atom is -0.218 e. The van der Waals surface area contributed by atoms with Crippen molar-refractivity contribution in [2.24, 2.45) is 0 Å². The third-order valence-electron chi connectivity index (χ3n) is 2.96. The first kappa shape index (κ1) is 19.5. The molecule has 124 valence electrons. The fourth-order valence-corrected chi connectivity index (χ4v) is 5.09. The topological polar surface area (TPSA) is 34.1 Å². The SMILES string of the molecule is O=S(=O)(c1ccccc1C(Cl)(Cl)Cl)c1ccccc1C(Cl)(Cl)Cl. The van der Waals surface area contributed by atoms with Crippen LogP contribution in [0.15, 0.2) is 58.3 Å². The van der Waals surface area contributed by atoms with Gasteiger partial charge in [-0.1, -0.05) is 106 Å². The molecule has 0 unspecified atom stereocenters. The maximum atomic E-state index is 13.0. The molecule has 0 radical (unpaired) electrons. The summed E-state index contributed by atoms with van der Waals surface area (Å²) in [6, 6.07) is 11.7. The third kappa shape index (κ3) is 4.21. The Kier molecular flexibility index (Phi) is 5.75. The lowest BCUT2D eigenvalue weighted by Crippen LogP contribution is -2.15. The van der Waals surface area contributed by atoms with Gasteiger partial charge in [0.15, 0.2) is 0 Å². The Labute approximate surface area is 164 Å². The molecule has 0 aliphatic heterocycles. The molecule has 9 heteroatoms. The average Bonchev–Trinajstić information content (AvgIpc) is 2.45. The van der Waals surface area contributed by atoms with Gasteiger partial charge in [-0.2, -0.15) is 0 Å². The largest absolute Gasteiger partial charge is 0.218 e. The second-order valence-electron chi connectivity index (χ2n) is 4.49. The Bertz CT molecular complexity index is 758. The molecule has 2 rings (SSSR count). The lowest BCUT2D eigenvalue weighted by molar-refractivity contribution is 0.594. The molecule has 0 bridgehead atoms. The van der Waals surface area contributed by atoms with Crippen molar-refractivity contribution >= 4 is 79.4 Å². The van der Waals surface area contributed by atoms with E-state index in [1.54, 1.807) is 12.1 Å². The lowest BCUT2D eigenvalue weighted by Gasteiger charge is -2.20. The van der Waals surface area contributed by atoms with Gasteiger partial charge in [0.25, 0.3) is 0 Å². The van der Waals surface area contributed by atoms with Crippen molar-refractivity contribution < 1.29 is 8.42 Å². The summed E-state index contributed by atoms with van der Waals surface area (Å²) in [5, 5.41) is 0. The van der Waals surface area contributed by atoms with E-state index in [1.165, 1.54) is 36.4 Å². The zero-order valence-corrected chi connectivity index (χ0v) is 16.5. The number of hydrogen-bond acceptors (Lipinski definition) is 2. The summed E-state index contributed by atoms with van der Waals surface area (Å²) in [5.41, 5.74) is 0.0354. The molecule has 0 saturated heterocycles. The minimum absolute atomic E-state index is 0.0177. The van der Waals surface area contributed by atoms with Crippen LogP contribution in [0.4, 0.5) is 0 Å². The van der Waals surface area contributed by atoms with Crippen LogP contribution in [0.1, 0.15) is 11.1 Å². The van der Waals surface area contributed by atoms with Gasteiger partial charge in [-0.3, -0.25) is 0 Å². The fraction of sp³-hybridized carbons (Fsp3) is 0.143. The molecule has 0 N–H and O–H groups in total. The number of benzene rings is 2. The molecular formula is C14H8Cl6O2S. The summed E-state index contributed by atoms with van der Waals surface area (Å²) in [5.74, 6) is 0. The number of sulfone groups is 1.